The highest BCUT2D eigenvalue weighted by Gasteiger charge is 2.53. The van der Waals surface area contributed by atoms with Crippen LogP contribution in [0.3, 0.4) is 0 Å². The molecular weight excluding hydrogens is 212 g/mol. The van der Waals surface area contributed by atoms with Crippen LogP contribution >= 0.6 is 11.6 Å². The lowest BCUT2D eigenvalue weighted by molar-refractivity contribution is -0.162. The minimum atomic E-state index is -0.524. The zero-order chi connectivity index (χ0) is 10.9. The molecule has 0 amide bonds. The first-order chi connectivity index (χ1) is 7.08. The average molecular weight is 227 g/mol. The molecule has 0 aliphatic heterocycles. The molecule has 0 saturated heterocycles. The van der Waals surface area contributed by atoms with E-state index in [0.29, 0.717) is 0 Å². The SMILES string of the molecule is CC(=O)OC12CC=CCC1(Cl)CC=CC2. The van der Waals surface area contributed by atoms with Crippen LogP contribution in [0.25, 0.3) is 0 Å². The van der Waals surface area contributed by atoms with Crippen molar-refractivity contribution in [3.05, 3.63) is 24.3 Å². The maximum atomic E-state index is 11.2. The van der Waals surface area contributed by atoms with E-state index in [-0.39, 0.29) is 5.97 Å². The van der Waals surface area contributed by atoms with Gasteiger partial charge in [-0.05, 0) is 12.8 Å². The van der Waals surface area contributed by atoms with Crippen LogP contribution in [0.15, 0.2) is 24.3 Å². The molecule has 2 aliphatic carbocycles. The summed E-state index contributed by atoms with van der Waals surface area (Å²) in [5, 5.41) is 0. The Morgan fingerprint density at radius 3 is 2.07 bits per heavy atom. The van der Waals surface area contributed by atoms with E-state index in [4.69, 9.17) is 16.3 Å². The maximum Gasteiger partial charge on any atom is 0.303 e. The van der Waals surface area contributed by atoms with Gasteiger partial charge < -0.3 is 4.74 Å². The van der Waals surface area contributed by atoms with E-state index >= 15 is 0 Å². The highest BCUT2D eigenvalue weighted by molar-refractivity contribution is 6.25. The maximum absolute atomic E-state index is 11.2. The average Bonchev–Trinajstić information content (AvgIpc) is 2.17. The number of ether oxygens (including phenoxy) is 1. The molecule has 0 aromatic heterocycles. The predicted molar refractivity (Wildman–Crippen MR) is 59.8 cm³/mol. The molecule has 0 heterocycles. The van der Waals surface area contributed by atoms with Crippen LogP contribution in [0.2, 0.25) is 0 Å². The van der Waals surface area contributed by atoms with Crippen molar-refractivity contribution >= 4 is 17.6 Å². The Kier molecular flexibility index (Phi) is 2.63. The Bertz CT molecular complexity index is 313. The molecule has 0 aromatic rings. The summed E-state index contributed by atoms with van der Waals surface area (Å²) < 4.78 is 5.51. The van der Waals surface area contributed by atoms with Crippen molar-refractivity contribution in [2.75, 3.05) is 0 Å². The third kappa shape index (κ3) is 1.71. The lowest BCUT2D eigenvalue weighted by Gasteiger charge is -2.48. The third-order valence-electron chi connectivity index (χ3n) is 3.27. The number of esters is 1. The summed E-state index contributed by atoms with van der Waals surface area (Å²) in [6.07, 6.45) is 11.3. The summed E-state index contributed by atoms with van der Waals surface area (Å²) >= 11 is 6.60. The summed E-state index contributed by atoms with van der Waals surface area (Å²) in [7, 11) is 0. The van der Waals surface area contributed by atoms with Gasteiger partial charge in [0.2, 0.25) is 0 Å². The smallest absolute Gasteiger partial charge is 0.303 e. The van der Waals surface area contributed by atoms with Gasteiger partial charge in [0.05, 0.1) is 4.87 Å². The molecule has 2 nitrogen and oxygen atoms in total. The van der Waals surface area contributed by atoms with E-state index in [1.807, 2.05) is 0 Å². The second-order valence-corrected chi connectivity index (χ2v) is 5.04. The zero-order valence-corrected chi connectivity index (χ0v) is 9.59. The van der Waals surface area contributed by atoms with Crippen LogP contribution in [0.5, 0.6) is 0 Å². The molecule has 0 saturated carbocycles. The van der Waals surface area contributed by atoms with Gasteiger partial charge in [-0.25, -0.2) is 0 Å². The predicted octanol–water partition coefficient (Wildman–Crippen LogP) is 2.97. The number of fused-ring (bicyclic) bond motifs is 1. The number of rotatable bonds is 1. The molecule has 15 heavy (non-hydrogen) atoms. The number of hydrogen-bond acceptors (Lipinski definition) is 2. The Labute approximate surface area is 94.9 Å². The minimum Gasteiger partial charge on any atom is -0.457 e. The van der Waals surface area contributed by atoms with Crippen LogP contribution in [-0.2, 0) is 9.53 Å². The van der Waals surface area contributed by atoms with Crippen molar-refractivity contribution in [2.24, 2.45) is 0 Å². The monoisotopic (exact) mass is 226 g/mol. The van der Waals surface area contributed by atoms with Gasteiger partial charge in [0.25, 0.3) is 0 Å². The number of carbonyl (C=O) groups is 1. The van der Waals surface area contributed by atoms with Crippen LogP contribution in [0.4, 0.5) is 0 Å². The topological polar surface area (TPSA) is 26.3 Å². The van der Waals surface area contributed by atoms with Gasteiger partial charge in [0.15, 0.2) is 0 Å². The summed E-state index contributed by atoms with van der Waals surface area (Å²) in [5.74, 6) is -0.245. The molecule has 0 unspecified atom stereocenters. The zero-order valence-electron chi connectivity index (χ0n) is 8.83. The number of halogens is 1. The van der Waals surface area contributed by atoms with Gasteiger partial charge >= 0.3 is 5.97 Å². The molecule has 0 spiro atoms. The number of alkyl halides is 1. The molecule has 0 bridgehead atoms. The largest absolute Gasteiger partial charge is 0.457 e. The molecule has 82 valence electrons. The third-order valence-corrected chi connectivity index (χ3v) is 3.92. The van der Waals surface area contributed by atoms with Crippen molar-refractivity contribution < 1.29 is 9.53 Å². The molecule has 2 rings (SSSR count). The summed E-state index contributed by atoms with van der Waals surface area (Å²) in [4.78, 5) is 10.7. The molecular formula is C12H15ClO2. The highest BCUT2D eigenvalue weighted by Crippen LogP contribution is 2.49. The Morgan fingerprint density at radius 1 is 1.13 bits per heavy atom. The lowest BCUT2D eigenvalue weighted by Crippen LogP contribution is -2.54. The van der Waals surface area contributed by atoms with Crippen LogP contribution in [-0.4, -0.2) is 16.4 Å². The fourth-order valence-electron chi connectivity index (χ4n) is 2.44. The molecule has 0 atom stereocenters. The number of carbonyl (C=O) groups excluding carboxylic acids is 1. The van der Waals surface area contributed by atoms with Crippen molar-refractivity contribution in [1.29, 1.82) is 0 Å². The van der Waals surface area contributed by atoms with E-state index in [1.165, 1.54) is 6.92 Å². The van der Waals surface area contributed by atoms with Gasteiger partial charge in [0.1, 0.15) is 5.60 Å². The first-order valence-corrected chi connectivity index (χ1v) is 5.64. The molecule has 0 radical (unpaired) electrons. The van der Waals surface area contributed by atoms with Gasteiger partial charge in [-0.15, -0.1) is 11.6 Å². The fraction of sp³-hybridized carbons (Fsp3) is 0.583. The summed E-state index contributed by atoms with van der Waals surface area (Å²) in [6, 6.07) is 0. The molecule has 0 fully saturated rings. The van der Waals surface area contributed by atoms with E-state index in [2.05, 4.69) is 24.3 Å². The van der Waals surface area contributed by atoms with Gasteiger partial charge in [-0.1, -0.05) is 24.3 Å². The quantitative estimate of drug-likeness (QED) is 0.390. The highest BCUT2D eigenvalue weighted by atomic mass is 35.5. The van der Waals surface area contributed by atoms with Crippen LogP contribution < -0.4 is 0 Å². The van der Waals surface area contributed by atoms with Crippen LogP contribution in [0, 0.1) is 0 Å². The summed E-state index contributed by atoms with van der Waals surface area (Å²) in [5.41, 5.74) is -0.524. The minimum absolute atomic E-state index is 0.245. The van der Waals surface area contributed by atoms with E-state index in [1.54, 1.807) is 0 Å². The Hall–Kier alpha value is -0.760. The van der Waals surface area contributed by atoms with Crippen molar-refractivity contribution in [2.45, 2.75) is 43.1 Å². The van der Waals surface area contributed by atoms with Gasteiger partial charge in [0, 0.05) is 19.8 Å². The molecule has 0 aromatic carbocycles. The molecule has 0 N–H and O–H groups in total. The number of allylic oxidation sites excluding steroid dienone is 2. The van der Waals surface area contributed by atoms with Crippen molar-refractivity contribution in [3.63, 3.8) is 0 Å². The van der Waals surface area contributed by atoms with E-state index < -0.39 is 10.5 Å². The Morgan fingerprint density at radius 2 is 1.60 bits per heavy atom. The summed E-state index contributed by atoms with van der Waals surface area (Å²) in [6.45, 7) is 1.45. The van der Waals surface area contributed by atoms with Gasteiger partial charge in [-0.3, -0.25) is 4.79 Å². The Balaban J connectivity index is 2.34. The first kappa shape index (κ1) is 10.7. The molecule has 3 heteroatoms. The normalized spacial score (nSPS) is 38.5. The van der Waals surface area contributed by atoms with Gasteiger partial charge in [-0.2, -0.15) is 0 Å². The second kappa shape index (κ2) is 3.67. The number of hydrogen-bond donors (Lipinski definition) is 0. The van der Waals surface area contributed by atoms with Crippen LogP contribution in [0.1, 0.15) is 32.6 Å². The lowest BCUT2D eigenvalue weighted by atomic mass is 9.71. The van der Waals surface area contributed by atoms with Crippen molar-refractivity contribution in [3.8, 4) is 0 Å². The fourth-order valence-corrected chi connectivity index (χ4v) is 2.81. The standard InChI is InChI=1S/C12H15ClO2/c1-10(14)15-12-8-4-2-6-11(12,13)7-3-5-9-12/h2-5H,6-9H2,1H3. The second-order valence-electron chi connectivity index (χ2n) is 4.31. The first-order valence-electron chi connectivity index (χ1n) is 5.27. The van der Waals surface area contributed by atoms with E-state index in [9.17, 15) is 4.79 Å². The molecule has 2 aliphatic rings. The van der Waals surface area contributed by atoms with Crippen molar-refractivity contribution in [1.82, 2.24) is 0 Å². The van der Waals surface area contributed by atoms with E-state index in [0.717, 1.165) is 25.7 Å².